The number of benzene rings is 1. The summed E-state index contributed by atoms with van der Waals surface area (Å²) in [6, 6.07) is 8.58. The Bertz CT molecular complexity index is 320. The number of nitrogens with zero attached hydrogens (tertiary/aromatic N) is 1. The molecule has 0 spiro atoms. The fourth-order valence-electron chi connectivity index (χ4n) is 1.95. The molecule has 2 rings (SSSR count). The number of hydrogen-bond acceptors (Lipinski definition) is 4. The highest BCUT2D eigenvalue weighted by molar-refractivity contribution is 5.55. The SMILES string of the molecule is NCCCNc1ccc(N2CCOCC2)cc1. The molecule has 4 heteroatoms. The lowest BCUT2D eigenvalue weighted by Crippen LogP contribution is -2.36. The molecule has 4 nitrogen and oxygen atoms in total. The van der Waals surface area contributed by atoms with Gasteiger partial charge in [-0.3, -0.25) is 0 Å². The van der Waals surface area contributed by atoms with Crippen LogP contribution in [-0.4, -0.2) is 39.4 Å². The molecule has 1 aromatic rings. The average molecular weight is 235 g/mol. The Balaban J connectivity index is 1.88. The molecule has 1 fully saturated rings. The van der Waals surface area contributed by atoms with Gasteiger partial charge in [-0.25, -0.2) is 0 Å². The van der Waals surface area contributed by atoms with Gasteiger partial charge in [0.25, 0.3) is 0 Å². The largest absolute Gasteiger partial charge is 0.385 e. The van der Waals surface area contributed by atoms with Gasteiger partial charge in [0.2, 0.25) is 0 Å². The van der Waals surface area contributed by atoms with Gasteiger partial charge in [-0.05, 0) is 37.2 Å². The van der Waals surface area contributed by atoms with Gasteiger partial charge < -0.3 is 20.7 Å². The fraction of sp³-hybridized carbons (Fsp3) is 0.538. The predicted octanol–water partition coefficient (Wildman–Crippen LogP) is 1.28. The molecule has 1 aliphatic heterocycles. The van der Waals surface area contributed by atoms with E-state index >= 15 is 0 Å². The van der Waals surface area contributed by atoms with Crippen molar-refractivity contribution in [1.82, 2.24) is 0 Å². The van der Waals surface area contributed by atoms with Crippen LogP contribution in [0.3, 0.4) is 0 Å². The molecule has 0 bridgehead atoms. The summed E-state index contributed by atoms with van der Waals surface area (Å²) in [5, 5.41) is 3.35. The first-order chi connectivity index (χ1) is 8.40. The van der Waals surface area contributed by atoms with Crippen LogP contribution in [0.2, 0.25) is 0 Å². The van der Waals surface area contributed by atoms with Crippen LogP contribution in [0.25, 0.3) is 0 Å². The number of nitrogens with one attached hydrogen (secondary N) is 1. The van der Waals surface area contributed by atoms with Gasteiger partial charge in [0.1, 0.15) is 0 Å². The van der Waals surface area contributed by atoms with Crippen LogP contribution < -0.4 is 16.0 Å². The second-order valence-electron chi connectivity index (χ2n) is 4.22. The highest BCUT2D eigenvalue weighted by atomic mass is 16.5. The van der Waals surface area contributed by atoms with Crippen LogP contribution in [0.15, 0.2) is 24.3 Å². The van der Waals surface area contributed by atoms with Crippen molar-refractivity contribution in [2.24, 2.45) is 5.73 Å². The van der Waals surface area contributed by atoms with E-state index in [-0.39, 0.29) is 0 Å². The first kappa shape index (κ1) is 12.2. The molecule has 0 amide bonds. The van der Waals surface area contributed by atoms with Crippen molar-refractivity contribution in [3.05, 3.63) is 24.3 Å². The second-order valence-corrected chi connectivity index (χ2v) is 4.22. The maximum atomic E-state index is 5.46. The lowest BCUT2D eigenvalue weighted by atomic mass is 10.2. The monoisotopic (exact) mass is 235 g/mol. The Kier molecular flexibility index (Phi) is 4.64. The minimum atomic E-state index is 0.735. The molecular weight excluding hydrogens is 214 g/mol. The number of anilines is 2. The Labute approximate surface area is 103 Å². The summed E-state index contributed by atoms with van der Waals surface area (Å²) < 4.78 is 5.34. The summed E-state index contributed by atoms with van der Waals surface area (Å²) in [5.41, 5.74) is 7.89. The third-order valence-electron chi connectivity index (χ3n) is 2.95. The molecule has 0 aromatic heterocycles. The van der Waals surface area contributed by atoms with Crippen molar-refractivity contribution in [3.8, 4) is 0 Å². The van der Waals surface area contributed by atoms with E-state index in [0.29, 0.717) is 0 Å². The topological polar surface area (TPSA) is 50.5 Å². The van der Waals surface area contributed by atoms with Gasteiger partial charge in [0.05, 0.1) is 13.2 Å². The Morgan fingerprint density at radius 1 is 1.18 bits per heavy atom. The van der Waals surface area contributed by atoms with Crippen LogP contribution in [-0.2, 0) is 4.74 Å². The van der Waals surface area contributed by atoms with Crippen LogP contribution in [0.5, 0.6) is 0 Å². The molecule has 1 heterocycles. The molecule has 0 unspecified atom stereocenters. The summed E-state index contributed by atoms with van der Waals surface area (Å²) in [7, 11) is 0. The third-order valence-corrected chi connectivity index (χ3v) is 2.95. The molecule has 1 saturated heterocycles. The van der Waals surface area contributed by atoms with E-state index in [2.05, 4.69) is 34.5 Å². The van der Waals surface area contributed by atoms with Gasteiger partial charge in [-0.1, -0.05) is 0 Å². The molecule has 94 valence electrons. The molecule has 1 aliphatic rings. The maximum Gasteiger partial charge on any atom is 0.0642 e. The van der Waals surface area contributed by atoms with Crippen LogP contribution >= 0.6 is 0 Å². The van der Waals surface area contributed by atoms with Crippen molar-refractivity contribution in [2.45, 2.75) is 6.42 Å². The highest BCUT2D eigenvalue weighted by Gasteiger charge is 2.10. The summed E-state index contributed by atoms with van der Waals surface area (Å²) in [4.78, 5) is 2.35. The van der Waals surface area contributed by atoms with E-state index in [1.165, 1.54) is 5.69 Å². The van der Waals surface area contributed by atoms with Gasteiger partial charge in [0.15, 0.2) is 0 Å². The van der Waals surface area contributed by atoms with E-state index in [1.54, 1.807) is 0 Å². The van der Waals surface area contributed by atoms with Gasteiger partial charge in [-0.15, -0.1) is 0 Å². The van der Waals surface area contributed by atoms with Crippen LogP contribution in [0, 0.1) is 0 Å². The van der Waals surface area contributed by atoms with Crippen LogP contribution in [0.4, 0.5) is 11.4 Å². The van der Waals surface area contributed by atoms with Crippen LogP contribution in [0.1, 0.15) is 6.42 Å². The number of morpholine rings is 1. The molecule has 0 saturated carbocycles. The molecule has 0 atom stereocenters. The zero-order chi connectivity index (χ0) is 11.9. The van der Waals surface area contributed by atoms with Crippen molar-refractivity contribution >= 4 is 11.4 Å². The minimum absolute atomic E-state index is 0.735. The molecule has 0 aliphatic carbocycles. The van der Waals surface area contributed by atoms with Crippen molar-refractivity contribution in [1.29, 1.82) is 0 Å². The average Bonchev–Trinajstić information content (AvgIpc) is 2.41. The molecule has 1 aromatic carbocycles. The smallest absolute Gasteiger partial charge is 0.0642 e. The first-order valence-corrected chi connectivity index (χ1v) is 6.27. The third kappa shape index (κ3) is 3.61. The zero-order valence-electron chi connectivity index (χ0n) is 10.2. The lowest BCUT2D eigenvalue weighted by Gasteiger charge is -2.28. The van der Waals surface area contributed by atoms with Crippen molar-refractivity contribution < 1.29 is 4.74 Å². The fourth-order valence-corrected chi connectivity index (χ4v) is 1.95. The van der Waals surface area contributed by atoms with E-state index in [9.17, 15) is 0 Å². The van der Waals surface area contributed by atoms with E-state index in [0.717, 1.165) is 51.5 Å². The normalized spacial score (nSPS) is 15.9. The predicted molar refractivity (Wildman–Crippen MR) is 71.6 cm³/mol. The summed E-state index contributed by atoms with van der Waals surface area (Å²) in [6.45, 7) is 5.30. The standard InChI is InChI=1S/C13H21N3O/c14-6-1-7-15-12-2-4-13(5-3-12)16-8-10-17-11-9-16/h2-5,15H,1,6-11,14H2. The Hall–Kier alpha value is -1.26. The summed E-state index contributed by atoms with van der Waals surface area (Å²) >= 11 is 0. The Morgan fingerprint density at radius 2 is 1.88 bits per heavy atom. The van der Waals surface area contributed by atoms with E-state index in [1.807, 2.05) is 0 Å². The van der Waals surface area contributed by atoms with Crippen molar-refractivity contribution in [2.75, 3.05) is 49.6 Å². The van der Waals surface area contributed by atoms with Gasteiger partial charge in [0, 0.05) is 31.0 Å². The molecular formula is C13H21N3O. The van der Waals surface area contributed by atoms with Crippen molar-refractivity contribution in [3.63, 3.8) is 0 Å². The van der Waals surface area contributed by atoms with E-state index in [4.69, 9.17) is 10.5 Å². The Morgan fingerprint density at radius 3 is 2.53 bits per heavy atom. The highest BCUT2D eigenvalue weighted by Crippen LogP contribution is 2.18. The number of ether oxygens (including phenoxy) is 1. The minimum Gasteiger partial charge on any atom is -0.385 e. The molecule has 17 heavy (non-hydrogen) atoms. The summed E-state index contributed by atoms with van der Waals surface area (Å²) in [6.07, 6.45) is 1.01. The first-order valence-electron chi connectivity index (χ1n) is 6.27. The number of rotatable bonds is 5. The molecule has 0 radical (unpaired) electrons. The quantitative estimate of drug-likeness (QED) is 0.755. The van der Waals surface area contributed by atoms with Gasteiger partial charge in [-0.2, -0.15) is 0 Å². The summed E-state index contributed by atoms with van der Waals surface area (Å²) in [5.74, 6) is 0. The number of hydrogen-bond donors (Lipinski definition) is 2. The van der Waals surface area contributed by atoms with Gasteiger partial charge >= 0.3 is 0 Å². The zero-order valence-corrected chi connectivity index (χ0v) is 10.2. The number of nitrogens with two attached hydrogens (primary N) is 1. The second kappa shape index (κ2) is 6.47. The lowest BCUT2D eigenvalue weighted by molar-refractivity contribution is 0.122. The molecule has 3 N–H and O–H groups in total. The van der Waals surface area contributed by atoms with E-state index < -0.39 is 0 Å². The maximum absolute atomic E-state index is 5.46.